The molecule has 0 aromatic rings. The molecule has 126 N–H and O–H groups in total. The van der Waals surface area contributed by atoms with E-state index in [1.165, 1.54) is 0 Å². The minimum absolute atomic E-state index is 0.0324. The zero-order valence-corrected chi connectivity index (χ0v) is 60.0. The topological polar surface area (TPSA) is 2070 Å². The highest BCUT2D eigenvalue weighted by Gasteiger charge is 1.79. The highest BCUT2D eigenvalue weighted by atomic mass is 16.5. The summed E-state index contributed by atoms with van der Waals surface area (Å²) in [5.74, 6) is 84.0. The van der Waals surface area contributed by atoms with Crippen LogP contribution in [0.3, 0.4) is 0 Å². The molecule has 0 aliphatic heterocycles. The van der Waals surface area contributed by atoms with E-state index < -0.39 is 43.9 Å². The number of hydrazine groups is 18. The van der Waals surface area contributed by atoms with Crippen molar-refractivity contribution in [2.45, 2.75) is 0 Å². The van der Waals surface area contributed by atoms with Gasteiger partial charge in [-0.15, -0.1) is 0 Å². The number of guanidine groups is 18. The molecule has 0 bridgehead atoms. The van der Waals surface area contributed by atoms with E-state index in [0.717, 1.165) is 0 Å². The fourth-order valence-electron chi connectivity index (χ4n) is 0. The zero-order chi connectivity index (χ0) is 98.6. The highest BCUT2D eigenvalue weighted by Crippen LogP contribution is 1.05. The third-order valence-corrected chi connectivity index (χ3v) is 3.00. The lowest BCUT2D eigenvalue weighted by Crippen LogP contribution is -2.84. The largest absolute Gasteiger partial charge is 0.907 e. The van der Waals surface area contributed by atoms with Crippen molar-refractivity contribution in [2.75, 3.05) is 0 Å². The molecule has 684 valence electrons. The SMILES string of the molecule is N[NH+]=C(N)N.N[NH+]=C(N)N.N[NH+]=C(N)N.N[NH+]=C(N)N.N[NH+]=C(N)N.N[NH+]=C(N)N.N[NH+]=C(N)N.N[NH+]=C(N)N.N[NH+]=C(N)N.N[NH+]=C(N)N.N[NH+]=C(N)N.N[NH+]=C(N)N.N[NH+]=C(N)N.N[NH+]=C(N)N.N[NH+]=C(N)N.N[NH+]=C(N)N.N[NH+]=C(N)N.N[NH+]=C(N)N.[O-]B([O-])[O-].[O-]B([O-])[O-].[O-]B([O-])[O-].[O-]B([O-])[O-].[O-]B([O-])[O-].[O-]B([O-])[O-]. The molecule has 0 saturated heterocycles. The minimum Gasteiger partial charge on any atom is -0.907 e. The maximum atomic E-state index is 8.42. The van der Waals surface area contributed by atoms with Crippen LogP contribution in [0.4, 0.5) is 0 Å². The van der Waals surface area contributed by atoms with Crippen LogP contribution in [-0.2, 0) is 0 Å². The van der Waals surface area contributed by atoms with Gasteiger partial charge in [-0.2, -0.15) is 91.8 Å². The van der Waals surface area contributed by atoms with Gasteiger partial charge in [-0.1, -0.05) is 0 Å². The molecule has 0 radical (unpaired) electrons. The van der Waals surface area contributed by atoms with Crippen LogP contribution >= 0.6 is 0 Å². The lowest BCUT2D eigenvalue weighted by Gasteiger charge is -2.35. The number of hydrogen-bond acceptors (Lipinski definition) is 36. The Kier molecular flexibility index (Phi) is 239. The Balaban J connectivity index is -0.0000000337. The van der Waals surface area contributed by atoms with Crippen molar-refractivity contribution in [1.29, 1.82) is 0 Å². The van der Waals surface area contributed by atoms with Crippen molar-refractivity contribution >= 4 is 151 Å². The summed E-state index contributed by atoms with van der Waals surface area (Å²) in [4.78, 5) is 0. The maximum Gasteiger partial charge on any atom is 0.360 e. The summed E-state index contributed by atoms with van der Waals surface area (Å²) in [6.45, 7) is 0. The van der Waals surface area contributed by atoms with Crippen LogP contribution < -0.4 is 494 Å². The van der Waals surface area contributed by atoms with Crippen LogP contribution in [0.5, 0.6) is 0 Å². The molecular weight excluding hydrogens is 1580 g/mol. The minimum atomic E-state index is -2.92. The Morgan fingerprint density at radius 1 is 0.0965 bits per heavy atom. The Morgan fingerprint density at radius 3 is 0.105 bits per heavy atom. The van der Waals surface area contributed by atoms with Gasteiger partial charge in [-0.25, -0.2) is 0 Å². The molecule has 0 heterocycles. The summed E-state index contributed by atoms with van der Waals surface area (Å²) in [5.41, 5.74) is 171. The average molecular weight is 1700 g/mol. The third kappa shape index (κ3) is 2340. The molecule has 0 aromatic heterocycles. The van der Waals surface area contributed by atoms with Gasteiger partial charge in [0.05, 0.1) is 0 Å². The standard InChI is InChI=1S/18CH6N4.6BO3/c18*2-1(3)5-4;6*2-1(3)4/h18*4H2,(H4,2,3,5);;;;;;/q;;;;;;;;;;;;;;;;;;6*-3/p+18. The van der Waals surface area contributed by atoms with Crippen molar-refractivity contribution in [1.82, 2.24) is 0 Å². The van der Waals surface area contributed by atoms with Crippen molar-refractivity contribution in [2.24, 2.45) is 312 Å². The second-order valence-corrected chi connectivity index (χ2v) is 12.5. The average Bonchev–Trinajstić information content (AvgIpc) is 3.63. The summed E-state index contributed by atoms with van der Waals surface area (Å²) in [6, 6.07) is 0. The lowest BCUT2D eigenvalue weighted by atomic mass is 10.3. The summed E-state index contributed by atoms with van der Waals surface area (Å²) < 4.78 is 0. The Bertz CT molecular complexity index is 1690. The number of rotatable bonds is 0. The molecule has 0 aromatic carbocycles. The monoisotopic (exact) mass is 1710 g/mol. The summed E-state index contributed by atoms with van der Waals surface area (Å²) in [7, 11) is -17.5. The van der Waals surface area contributed by atoms with Gasteiger partial charge >= 0.3 is 107 Å². The molecule has 114 heavy (non-hydrogen) atoms. The smallest absolute Gasteiger partial charge is 0.360 e. The van der Waals surface area contributed by atoms with E-state index in [4.69, 9.17) is 297 Å². The van der Waals surface area contributed by atoms with Crippen molar-refractivity contribution in [3.05, 3.63) is 0 Å². The van der Waals surface area contributed by atoms with Crippen LogP contribution in [-0.4, -0.2) is 151 Å². The van der Waals surface area contributed by atoms with Gasteiger partial charge in [-0.3, -0.25) is 356 Å². The predicted octanol–water partition coefficient (Wildman–Crippen LogP) is -91.8. The first kappa shape index (κ1) is 168. The van der Waals surface area contributed by atoms with Crippen molar-refractivity contribution < 1.29 is 182 Å². The van der Waals surface area contributed by atoms with E-state index in [9.17, 15) is 0 Å². The molecule has 0 spiro atoms. The maximum absolute atomic E-state index is 8.42. The molecule has 0 aliphatic carbocycles. The number of hydrazone groups is 18. The van der Waals surface area contributed by atoms with E-state index in [1.807, 2.05) is 91.8 Å². The summed E-state index contributed by atoms with van der Waals surface area (Å²) >= 11 is 0. The van der Waals surface area contributed by atoms with Gasteiger partial charge in [0.15, 0.2) is 0 Å². The van der Waals surface area contributed by atoms with Crippen LogP contribution in [0, 0.1) is 0 Å². The molecule has 96 heteroatoms. The van der Waals surface area contributed by atoms with Crippen molar-refractivity contribution in [3.63, 3.8) is 0 Å². The molecule has 0 unspecified atom stereocenters. The molecule has 90 nitrogen and oxygen atoms in total. The molecule has 0 atom stereocenters. The molecule has 0 amide bonds. The molecule has 0 saturated carbocycles. The van der Waals surface area contributed by atoms with Crippen LogP contribution in [0.2, 0.25) is 0 Å². The fourth-order valence-corrected chi connectivity index (χ4v) is 0. The molecule has 0 rings (SSSR count). The molecular formula is C18H126B6N72O18. The second-order valence-electron chi connectivity index (χ2n) is 12.5. The summed E-state index contributed by atoms with van der Waals surface area (Å²) in [5, 5.41) is 187. The van der Waals surface area contributed by atoms with Gasteiger partial charge in [0.1, 0.15) is 0 Å². The second kappa shape index (κ2) is 163. The van der Waals surface area contributed by atoms with Gasteiger partial charge in [0, 0.05) is 0 Å². The lowest BCUT2D eigenvalue weighted by molar-refractivity contribution is -0.481. The molecule has 0 fully saturated rings. The third-order valence-electron chi connectivity index (χ3n) is 3.00. The van der Waals surface area contributed by atoms with Gasteiger partial charge in [0.25, 0.3) is 0 Å². The fraction of sp³-hybridized carbons (Fsp3) is 0. The zero-order valence-electron chi connectivity index (χ0n) is 60.0. The number of hydrogen-bond donors (Lipinski definition) is 72. The van der Waals surface area contributed by atoms with E-state index in [1.54, 1.807) is 0 Å². The molecule has 0 aliphatic rings. The predicted molar refractivity (Wildman–Crippen MR) is 368 cm³/mol. The van der Waals surface area contributed by atoms with Gasteiger partial charge < -0.3 is 90.4 Å². The quantitative estimate of drug-likeness (QED) is 0.0352. The Labute approximate surface area is 644 Å². The van der Waals surface area contributed by atoms with E-state index in [-0.39, 0.29) is 107 Å². The number of nitrogens with one attached hydrogen (secondary N) is 18. The van der Waals surface area contributed by atoms with Gasteiger partial charge in [0.2, 0.25) is 0 Å². The van der Waals surface area contributed by atoms with Crippen LogP contribution in [0.15, 0.2) is 0 Å². The first-order chi connectivity index (χ1) is 51.3. The van der Waals surface area contributed by atoms with Crippen LogP contribution in [0.1, 0.15) is 0 Å². The van der Waals surface area contributed by atoms with E-state index in [2.05, 4.69) is 105 Å². The van der Waals surface area contributed by atoms with E-state index >= 15 is 0 Å². The number of nitrogens with two attached hydrogens (primary N) is 54. The first-order valence-electron chi connectivity index (χ1n) is 24.3. The normalized spacial score (nSPS) is 6.47. The van der Waals surface area contributed by atoms with Crippen molar-refractivity contribution in [3.8, 4) is 0 Å². The van der Waals surface area contributed by atoms with E-state index in [0.29, 0.717) is 0 Å². The van der Waals surface area contributed by atoms with Gasteiger partial charge in [-0.05, 0) is 0 Å². The van der Waals surface area contributed by atoms with Crippen LogP contribution in [0.25, 0.3) is 0 Å². The summed E-state index contributed by atoms with van der Waals surface area (Å²) in [6.07, 6.45) is 0. The Hall–Kier alpha value is -17.1. The Morgan fingerprint density at radius 2 is 0.105 bits per heavy atom. The highest BCUT2D eigenvalue weighted by molar-refractivity contribution is 6.25. The first-order valence-corrected chi connectivity index (χ1v) is 24.3.